The molecular weight excluding hydrogens is 613 g/mol. The summed E-state index contributed by atoms with van der Waals surface area (Å²) in [5, 5.41) is 9.29. The Morgan fingerprint density at radius 3 is 1.22 bits per heavy atom. The minimum atomic E-state index is 0.606. The van der Waals surface area contributed by atoms with Crippen molar-refractivity contribution in [1.82, 2.24) is 24.9 Å². The minimum Gasteiger partial charge on any atom is -0.228 e. The van der Waals surface area contributed by atoms with Gasteiger partial charge in [0, 0.05) is 33.4 Å². The first-order valence-electron chi connectivity index (χ1n) is 16.2. The van der Waals surface area contributed by atoms with Crippen molar-refractivity contribution in [3.05, 3.63) is 175 Å². The maximum absolute atomic E-state index is 9.29. The summed E-state index contributed by atoms with van der Waals surface area (Å²) in [6.07, 6.45) is 0. The molecule has 2 aromatic heterocycles. The lowest BCUT2D eigenvalue weighted by molar-refractivity contribution is 1.07. The summed E-state index contributed by atoms with van der Waals surface area (Å²) in [5.41, 5.74) is 9.88. The zero-order valence-corrected chi connectivity index (χ0v) is 26.8. The molecule has 0 atom stereocenters. The van der Waals surface area contributed by atoms with E-state index in [-0.39, 0.29) is 0 Å². The second kappa shape index (κ2) is 13.6. The topological polar surface area (TPSA) is 88.2 Å². The van der Waals surface area contributed by atoms with Crippen LogP contribution in [-0.4, -0.2) is 24.9 Å². The van der Waals surface area contributed by atoms with Crippen LogP contribution in [-0.2, 0) is 0 Å². The average Bonchev–Trinajstić information content (AvgIpc) is 3.21. The molecular formula is C44H28N6. The first-order valence-corrected chi connectivity index (χ1v) is 16.2. The molecule has 8 rings (SSSR count). The summed E-state index contributed by atoms with van der Waals surface area (Å²) in [7, 11) is 0. The molecule has 0 aliphatic heterocycles. The quantitative estimate of drug-likeness (QED) is 0.172. The Morgan fingerprint density at radius 1 is 0.300 bits per heavy atom. The summed E-state index contributed by atoms with van der Waals surface area (Å²) in [4.78, 5) is 24.6. The average molecular weight is 641 g/mol. The molecule has 2 heterocycles. The lowest BCUT2D eigenvalue weighted by atomic mass is 10.0. The smallest absolute Gasteiger partial charge is 0.164 e. The van der Waals surface area contributed by atoms with E-state index in [1.165, 1.54) is 0 Å². The molecule has 0 aliphatic carbocycles. The summed E-state index contributed by atoms with van der Waals surface area (Å²) < 4.78 is 0. The largest absolute Gasteiger partial charge is 0.228 e. The molecule has 0 saturated heterocycles. The molecule has 0 fully saturated rings. The van der Waals surface area contributed by atoms with Gasteiger partial charge in [-0.1, -0.05) is 146 Å². The van der Waals surface area contributed by atoms with Crippen LogP contribution in [0.2, 0.25) is 0 Å². The van der Waals surface area contributed by atoms with E-state index in [0.29, 0.717) is 28.9 Å². The summed E-state index contributed by atoms with van der Waals surface area (Å²) in [6, 6.07) is 58.3. The zero-order valence-electron chi connectivity index (χ0n) is 26.8. The Bertz CT molecular complexity index is 2400. The molecule has 0 spiro atoms. The van der Waals surface area contributed by atoms with Gasteiger partial charge in [0.1, 0.15) is 0 Å². The molecule has 0 radical (unpaired) electrons. The van der Waals surface area contributed by atoms with Crippen molar-refractivity contribution in [2.24, 2.45) is 0 Å². The van der Waals surface area contributed by atoms with Crippen LogP contribution < -0.4 is 0 Å². The summed E-state index contributed by atoms with van der Waals surface area (Å²) >= 11 is 0. The standard InChI is InChI=1S/C44H28N6/c45-29-30-19-21-33(22-20-30)40-28-39(32-11-4-1-5-12-32)46-41(47-40)36-25-23-31(24-26-36)37-17-10-18-38(27-37)44-49-42(34-13-6-2-7-14-34)48-43(50-44)35-15-8-3-9-16-35/h1-28H. The lowest BCUT2D eigenvalue weighted by Crippen LogP contribution is -2.00. The lowest BCUT2D eigenvalue weighted by Gasteiger charge is -2.11. The van der Waals surface area contributed by atoms with E-state index >= 15 is 0 Å². The second-order valence-corrected chi connectivity index (χ2v) is 11.7. The molecule has 0 bridgehead atoms. The van der Waals surface area contributed by atoms with Crippen molar-refractivity contribution in [3.8, 4) is 85.3 Å². The Balaban J connectivity index is 1.15. The van der Waals surface area contributed by atoms with Crippen LogP contribution in [0.3, 0.4) is 0 Å². The van der Waals surface area contributed by atoms with Crippen molar-refractivity contribution < 1.29 is 0 Å². The van der Waals surface area contributed by atoms with Gasteiger partial charge in [-0.2, -0.15) is 5.26 Å². The number of nitriles is 1. The van der Waals surface area contributed by atoms with Crippen LogP contribution in [0.1, 0.15) is 5.56 Å². The maximum Gasteiger partial charge on any atom is 0.164 e. The van der Waals surface area contributed by atoms with Crippen molar-refractivity contribution >= 4 is 0 Å². The SMILES string of the molecule is N#Cc1ccc(-c2cc(-c3ccccc3)nc(-c3ccc(-c4cccc(-c5nc(-c6ccccc6)nc(-c6ccccc6)n5)c4)cc3)n2)cc1. The van der Waals surface area contributed by atoms with Gasteiger partial charge in [-0.05, 0) is 35.4 Å². The fraction of sp³-hybridized carbons (Fsp3) is 0. The highest BCUT2D eigenvalue weighted by atomic mass is 15.0. The zero-order chi connectivity index (χ0) is 33.7. The molecule has 234 valence electrons. The van der Waals surface area contributed by atoms with Crippen LogP contribution in [0.5, 0.6) is 0 Å². The first-order chi connectivity index (χ1) is 24.7. The number of hydrogen-bond acceptors (Lipinski definition) is 6. The molecule has 6 nitrogen and oxygen atoms in total. The molecule has 50 heavy (non-hydrogen) atoms. The highest BCUT2D eigenvalue weighted by Crippen LogP contribution is 2.31. The number of hydrogen-bond donors (Lipinski definition) is 0. The Morgan fingerprint density at radius 2 is 0.680 bits per heavy atom. The predicted molar refractivity (Wildman–Crippen MR) is 198 cm³/mol. The molecule has 0 aliphatic rings. The van der Waals surface area contributed by atoms with Crippen LogP contribution in [0.4, 0.5) is 0 Å². The third-order valence-electron chi connectivity index (χ3n) is 8.40. The molecule has 0 unspecified atom stereocenters. The molecule has 6 heteroatoms. The van der Waals surface area contributed by atoms with Gasteiger partial charge in [0.25, 0.3) is 0 Å². The molecule has 8 aromatic rings. The van der Waals surface area contributed by atoms with Crippen LogP contribution in [0.15, 0.2) is 170 Å². The molecule has 0 amide bonds. The van der Waals surface area contributed by atoms with E-state index in [0.717, 1.165) is 55.9 Å². The Labute approximate surface area is 290 Å². The number of aromatic nitrogens is 5. The molecule has 0 saturated carbocycles. The Hall–Kier alpha value is -7.10. The molecule has 0 N–H and O–H groups in total. The second-order valence-electron chi connectivity index (χ2n) is 11.7. The van der Waals surface area contributed by atoms with Gasteiger partial charge in [0.15, 0.2) is 23.3 Å². The maximum atomic E-state index is 9.29. The summed E-state index contributed by atoms with van der Waals surface area (Å²) in [6.45, 7) is 0. The van der Waals surface area contributed by atoms with E-state index < -0.39 is 0 Å². The fourth-order valence-corrected chi connectivity index (χ4v) is 5.78. The van der Waals surface area contributed by atoms with E-state index in [1.54, 1.807) is 0 Å². The summed E-state index contributed by atoms with van der Waals surface area (Å²) in [5.74, 6) is 2.49. The van der Waals surface area contributed by atoms with Gasteiger partial charge < -0.3 is 0 Å². The monoisotopic (exact) mass is 640 g/mol. The van der Waals surface area contributed by atoms with Gasteiger partial charge in [0.05, 0.1) is 23.0 Å². The van der Waals surface area contributed by atoms with Gasteiger partial charge >= 0.3 is 0 Å². The van der Waals surface area contributed by atoms with Crippen molar-refractivity contribution in [2.45, 2.75) is 0 Å². The van der Waals surface area contributed by atoms with Gasteiger partial charge in [-0.15, -0.1) is 0 Å². The molecule has 6 aromatic carbocycles. The van der Waals surface area contributed by atoms with E-state index in [2.05, 4.69) is 42.5 Å². The fourth-order valence-electron chi connectivity index (χ4n) is 5.78. The van der Waals surface area contributed by atoms with Crippen LogP contribution in [0.25, 0.3) is 79.2 Å². The third kappa shape index (κ3) is 6.40. The number of rotatable bonds is 7. The van der Waals surface area contributed by atoms with Crippen molar-refractivity contribution in [2.75, 3.05) is 0 Å². The van der Waals surface area contributed by atoms with E-state index in [4.69, 9.17) is 24.9 Å². The number of nitrogens with zero attached hydrogens (tertiary/aromatic N) is 6. The Kier molecular flexibility index (Phi) is 8.20. The van der Waals surface area contributed by atoms with Gasteiger partial charge in [-0.3, -0.25) is 0 Å². The van der Waals surface area contributed by atoms with Crippen molar-refractivity contribution in [1.29, 1.82) is 5.26 Å². The van der Waals surface area contributed by atoms with Crippen LogP contribution >= 0.6 is 0 Å². The highest BCUT2D eigenvalue weighted by molar-refractivity contribution is 5.76. The highest BCUT2D eigenvalue weighted by Gasteiger charge is 2.14. The van der Waals surface area contributed by atoms with E-state index in [9.17, 15) is 5.26 Å². The van der Waals surface area contributed by atoms with Gasteiger partial charge in [-0.25, -0.2) is 24.9 Å². The third-order valence-corrected chi connectivity index (χ3v) is 8.40. The number of benzene rings is 6. The predicted octanol–water partition coefficient (Wildman–Crippen LogP) is 10.2. The first kappa shape index (κ1) is 30.2. The van der Waals surface area contributed by atoms with E-state index in [1.807, 2.05) is 133 Å². The minimum absolute atomic E-state index is 0.606. The van der Waals surface area contributed by atoms with Crippen LogP contribution in [0, 0.1) is 11.3 Å². The normalized spacial score (nSPS) is 10.8. The van der Waals surface area contributed by atoms with Gasteiger partial charge in [0.2, 0.25) is 0 Å². The van der Waals surface area contributed by atoms with Crippen molar-refractivity contribution in [3.63, 3.8) is 0 Å².